The third-order valence-electron chi connectivity index (χ3n) is 0.803. The minimum absolute atomic E-state index is 0. The summed E-state index contributed by atoms with van der Waals surface area (Å²) in [6, 6.07) is 0. The van der Waals surface area contributed by atoms with Crippen molar-refractivity contribution in [3.63, 3.8) is 0 Å². The first-order valence-electron chi connectivity index (χ1n) is 2.90. The van der Waals surface area contributed by atoms with E-state index in [4.69, 9.17) is 0 Å². The number of unbranched alkanes of at least 4 members (excludes halogenated alkanes) is 1. The molecule has 0 aromatic carbocycles. The third-order valence-corrected chi connectivity index (χ3v) is 0.803. The van der Waals surface area contributed by atoms with Gasteiger partial charge in [-0.3, -0.25) is 4.79 Å². The van der Waals surface area contributed by atoms with E-state index in [9.17, 15) is 4.79 Å². The number of esters is 1. The Morgan fingerprint density at radius 1 is 1.50 bits per heavy atom. The fourth-order valence-electron chi connectivity index (χ4n) is 0.360. The zero-order chi connectivity index (χ0) is 6.41. The maximum absolute atomic E-state index is 10.1. The first-order chi connectivity index (χ1) is 3.77. The Labute approximate surface area is 74.2 Å². The minimum atomic E-state index is -0.182. The molecule has 0 heterocycles. The van der Waals surface area contributed by atoms with Gasteiger partial charge in [0.1, 0.15) is 0 Å². The summed E-state index contributed by atoms with van der Waals surface area (Å²) in [5.41, 5.74) is 0. The third kappa shape index (κ3) is 15.7. The molecule has 0 aromatic heterocycles. The summed E-state index contributed by atoms with van der Waals surface area (Å²) in [4.78, 5) is 10.1. The average molecular weight is 198 g/mol. The average Bonchev–Trinajstić information content (AvgIpc) is 1.66. The number of carbonyl (C=O) groups excluding carboxylic acids is 1. The Bertz CT molecular complexity index is 75.4. The molecule has 0 saturated heterocycles. The van der Waals surface area contributed by atoms with Crippen LogP contribution in [0, 0.1) is 0 Å². The van der Waals surface area contributed by atoms with E-state index in [1.807, 2.05) is 0 Å². The van der Waals surface area contributed by atoms with Crippen LogP contribution in [0.15, 0.2) is 0 Å². The van der Waals surface area contributed by atoms with Crippen LogP contribution in [0.1, 0.15) is 26.7 Å². The van der Waals surface area contributed by atoms with Crippen LogP contribution >= 0.6 is 0 Å². The molecule has 0 saturated carbocycles. The van der Waals surface area contributed by atoms with Crippen molar-refractivity contribution in [2.24, 2.45) is 0 Å². The van der Waals surface area contributed by atoms with Crippen LogP contribution in [0.3, 0.4) is 0 Å². The Hall–Kier alpha value is 0.0534. The predicted octanol–water partition coefficient (Wildman–Crippen LogP) is 1.23. The van der Waals surface area contributed by atoms with Gasteiger partial charge in [-0.05, 0) is 6.42 Å². The van der Waals surface area contributed by atoms with Crippen molar-refractivity contribution in [1.29, 1.82) is 0 Å². The molecule has 0 unspecified atom stereocenters. The number of hydrogen-bond donors (Lipinski definition) is 0. The second kappa shape index (κ2) is 11.8. The monoisotopic (exact) mass is 196 g/mol. The van der Waals surface area contributed by atoms with Crippen molar-refractivity contribution in [3.8, 4) is 0 Å². The van der Waals surface area contributed by atoms with E-state index in [1.54, 1.807) is 0 Å². The summed E-state index contributed by atoms with van der Waals surface area (Å²) in [5, 5.41) is 0. The van der Waals surface area contributed by atoms with Crippen molar-refractivity contribution >= 4 is 5.97 Å². The fourth-order valence-corrected chi connectivity index (χ4v) is 0.360. The standard InChI is InChI=1S/C6H12O2.O.Zn/c1-3-4-5-8-6(2)7;;/h3-5H2,1-2H3;;/q;-2;+2. The first kappa shape index (κ1) is 16.6. The van der Waals surface area contributed by atoms with Crippen LogP contribution in [-0.2, 0) is 34.5 Å². The smallest absolute Gasteiger partial charge is 2.00 e. The van der Waals surface area contributed by atoms with Crippen molar-refractivity contribution in [1.82, 2.24) is 0 Å². The van der Waals surface area contributed by atoms with Crippen molar-refractivity contribution in [2.75, 3.05) is 6.61 Å². The van der Waals surface area contributed by atoms with Gasteiger partial charge in [0.15, 0.2) is 0 Å². The topological polar surface area (TPSA) is 54.8 Å². The molecule has 0 fully saturated rings. The van der Waals surface area contributed by atoms with E-state index in [1.165, 1.54) is 6.92 Å². The van der Waals surface area contributed by atoms with Gasteiger partial charge in [-0.1, -0.05) is 13.3 Å². The molecule has 3 nitrogen and oxygen atoms in total. The molecule has 0 aliphatic carbocycles. The second-order valence-corrected chi connectivity index (χ2v) is 1.69. The van der Waals surface area contributed by atoms with Crippen LogP contribution < -0.4 is 0 Å². The Balaban J connectivity index is -0.000000245. The van der Waals surface area contributed by atoms with Gasteiger partial charge >= 0.3 is 25.4 Å². The maximum atomic E-state index is 10.1. The van der Waals surface area contributed by atoms with Gasteiger partial charge in [0.05, 0.1) is 6.61 Å². The molecule has 0 aliphatic rings. The van der Waals surface area contributed by atoms with Crippen LogP contribution in [0.25, 0.3) is 0 Å². The van der Waals surface area contributed by atoms with Crippen molar-refractivity contribution in [2.45, 2.75) is 26.7 Å². The van der Waals surface area contributed by atoms with E-state index < -0.39 is 0 Å². The SMILES string of the molecule is CCCCOC(C)=O.[O-2].[Zn+2]. The van der Waals surface area contributed by atoms with Crippen molar-refractivity contribution in [3.05, 3.63) is 0 Å². The molecule has 0 aliphatic heterocycles. The normalized spacial score (nSPS) is 7.00. The molecule has 0 N–H and O–H groups in total. The van der Waals surface area contributed by atoms with Gasteiger partial charge in [0, 0.05) is 6.92 Å². The molecule has 0 radical (unpaired) electrons. The number of hydrogen-bond acceptors (Lipinski definition) is 2. The summed E-state index contributed by atoms with van der Waals surface area (Å²) < 4.78 is 4.64. The van der Waals surface area contributed by atoms with Crippen LogP contribution in [0.5, 0.6) is 0 Å². The van der Waals surface area contributed by atoms with Crippen molar-refractivity contribution < 1.29 is 34.5 Å². The molecule has 4 heteroatoms. The van der Waals surface area contributed by atoms with Gasteiger partial charge in [-0.15, -0.1) is 0 Å². The number of ether oxygens (including phenoxy) is 1. The zero-order valence-corrected chi connectivity index (χ0v) is 9.52. The molecular formula is C6H12O3Zn. The summed E-state index contributed by atoms with van der Waals surface area (Å²) in [6.45, 7) is 4.06. The molecule has 0 rings (SSSR count). The predicted molar refractivity (Wildman–Crippen MR) is 32.2 cm³/mol. The Morgan fingerprint density at radius 2 is 2.00 bits per heavy atom. The summed E-state index contributed by atoms with van der Waals surface area (Å²) in [5.74, 6) is -0.182. The Kier molecular flexibility index (Phi) is 19.5. The molecular weight excluding hydrogens is 185 g/mol. The van der Waals surface area contributed by atoms with E-state index >= 15 is 0 Å². The summed E-state index contributed by atoms with van der Waals surface area (Å²) >= 11 is 0. The molecule has 0 amide bonds. The van der Waals surface area contributed by atoms with Crippen LogP contribution in [0.2, 0.25) is 0 Å². The largest absolute Gasteiger partial charge is 2.00 e. The molecule has 56 valence electrons. The number of rotatable bonds is 3. The van der Waals surface area contributed by atoms with Gasteiger partial charge in [-0.25, -0.2) is 0 Å². The maximum Gasteiger partial charge on any atom is 2.00 e. The zero-order valence-electron chi connectivity index (χ0n) is 6.55. The second-order valence-electron chi connectivity index (χ2n) is 1.69. The fraction of sp³-hybridized carbons (Fsp3) is 0.833. The van der Waals surface area contributed by atoms with E-state index in [0.29, 0.717) is 6.61 Å². The first-order valence-corrected chi connectivity index (χ1v) is 2.90. The Morgan fingerprint density at radius 3 is 2.30 bits per heavy atom. The van der Waals surface area contributed by atoms with Crippen LogP contribution in [0.4, 0.5) is 0 Å². The molecule has 10 heavy (non-hydrogen) atoms. The van der Waals surface area contributed by atoms with Gasteiger partial charge in [-0.2, -0.15) is 0 Å². The summed E-state index contributed by atoms with van der Waals surface area (Å²) in [6.07, 6.45) is 2.05. The van der Waals surface area contributed by atoms with E-state index in [2.05, 4.69) is 11.7 Å². The molecule has 0 atom stereocenters. The van der Waals surface area contributed by atoms with Crippen LogP contribution in [-0.4, -0.2) is 12.6 Å². The van der Waals surface area contributed by atoms with Gasteiger partial charge in [0.2, 0.25) is 0 Å². The quantitative estimate of drug-likeness (QED) is 0.388. The van der Waals surface area contributed by atoms with Gasteiger partial charge < -0.3 is 10.2 Å². The molecule has 0 bridgehead atoms. The molecule has 0 spiro atoms. The summed E-state index contributed by atoms with van der Waals surface area (Å²) in [7, 11) is 0. The number of carbonyl (C=O) groups is 1. The van der Waals surface area contributed by atoms with E-state index in [0.717, 1.165) is 12.8 Å². The minimum Gasteiger partial charge on any atom is -2.00 e. The molecule has 0 aromatic rings. The van der Waals surface area contributed by atoms with E-state index in [-0.39, 0.29) is 30.9 Å². The van der Waals surface area contributed by atoms with Gasteiger partial charge in [0.25, 0.3) is 0 Å².